The molecule has 6 rings (SSSR count). The first-order chi connectivity index (χ1) is 19.7. The summed E-state index contributed by atoms with van der Waals surface area (Å²) in [5.41, 5.74) is 0. The van der Waals surface area contributed by atoms with Gasteiger partial charge in [0.2, 0.25) is 0 Å². The second kappa shape index (κ2) is 16.7. The zero-order chi connectivity index (χ0) is 29.5. The summed E-state index contributed by atoms with van der Waals surface area (Å²) in [6, 6.07) is 0. The van der Waals surface area contributed by atoms with Crippen molar-refractivity contribution < 1.29 is 20.8 Å². The van der Waals surface area contributed by atoms with Gasteiger partial charge < -0.3 is 0 Å². The minimum absolute atomic E-state index is 0.767. The molecule has 4 fully saturated rings. The van der Waals surface area contributed by atoms with Crippen LogP contribution in [-0.2, 0) is 20.8 Å². The van der Waals surface area contributed by atoms with E-state index in [1.165, 1.54) is 62.2 Å². The first-order valence-corrected chi connectivity index (χ1v) is 22.3. The van der Waals surface area contributed by atoms with Crippen molar-refractivity contribution in [3.63, 3.8) is 0 Å². The predicted molar refractivity (Wildman–Crippen MR) is 175 cm³/mol. The summed E-state index contributed by atoms with van der Waals surface area (Å²) in [6.07, 6.45) is 35.5. The van der Waals surface area contributed by atoms with Crippen LogP contribution in [0.25, 0.3) is 0 Å². The number of hydrogen-bond donors (Lipinski definition) is 0. The Morgan fingerprint density at radius 3 is 1.32 bits per heavy atom. The zero-order valence-corrected chi connectivity index (χ0v) is 30.0. The number of rotatable bonds is 4. The maximum atomic E-state index is 4.93. The summed E-state index contributed by atoms with van der Waals surface area (Å²) in [6.45, 7) is 14.5. The quantitative estimate of drug-likeness (QED) is 0.280. The van der Waals surface area contributed by atoms with Gasteiger partial charge in [-0.1, -0.05) is 103 Å². The van der Waals surface area contributed by atoms with Crippen LogP contribution >= 0.6 is 17.0 Å². The van der Waals surface area contributed by atoms with Crippen molar-refractivity contribution in [3.8, 4) is 0 Å². The average molecular weight is 669 g/mol. The van der Waals surface area contributed by atoms with Crippen LogP contribution in [0.1, 0.15) is 80.1 Å². The Kier molecular flexibility index (Phi) is 13.9. The molecule has 4 saturated carbocycles. The fraction of sp³-hybridized carbons (Fsp3) is 0.526. The number of hydrogen-bond acceptors (Lipinski definition) is 0. The minimum atomic E-state index is -0.826. The van der Waals surface area contributed by atoms with Gasteiger partial charge in [-0.15, -0.1) is 0 Å². The molecule has 6 aliphatic rings. The van der Waals surface area contributed by atoms with Crippen LogP contribution in [0.2, 0.25) is 0 Å². The molecule has 0 amide bonds. The van der Waals surface area contributed by atoms with E-state index in [1.54, 1.807) is 11.8 Å². The molecular weight excluding hydrogens is 619 g/mol. The summed E-state index contributed by atoms with van der Waals surface area (Å²) in [4.78, 5) is 0. The third kappa shape index (κ3) is 8.78. The Morgan fingerprint density at radius 1 is 0.585 bits per heavy atom. The molecule has 0 aromatic heterocycles. The van der Waals surface area contributed by atoms with E-state index in [4.69, 9.17) is 17.0 Å². The molecular formula is C38H50Cl2Zr. The Bertz CT molecular complexity index is 830. The van der Waals surface area contributed by atoms with Gasteiger partial charge in [-0.05, 0) is 111 Å². The summed E-state index contributed by atoms with van der Waals surface area (Å²) in [5.74, 6) is 15.7. The topological polar surface area (TPSA) is 0 Å². The Hall–Kier alpha value is 0.423. The van der Waals surface area contributed by atoms with E-state index in [1.807, 2.05) is 0 Å². The van der Waals surface area contributed by atoms with E-state index in [-0.39, 0.29) is 0 Å². The molecule has 3 heteroatoms. The molecule has 0 aliphatic heterocycles. The Balaban J connectivity index is 0.000000173. The molecule has 0 spiro atoms. The molecule has 0 saturated heterocycles. The standard InChI is InChI=1S/2C19H25.2ClH.Zr/c2*1-13(2)16-10-8-14(3)12-19(16)18-11-9-15-6-4-5-7-17(15)18;;;/h2*4-7,9,11,13-14,16,19H,8,10,12H2,1-3H3;2*1H;/q;;;;+2/p-2/t2*14-,16+,19+;;;/m11.../s1. The van der Waals surface area contributed by atoms with E-state index < -0.39 is 20.8 Å². The van der Waals surface area contributed by atoms with Crippen molar-refractivity contribution in [2.24, 2.45) is 47.3 Å². The molecule has 0 aromatic carbocycles. The number of halogens is 2. The van der Waals surface area contributed by atoms with Crippen molar-refractivity contribution in [2.45, 2.75) is 80.1 Å². The second-order valence-electron chi connectivity index (χ2n) is 13.7. The van der Waals surface area contributed by atoms with Crippen LogP contribution in [0.4, 0.5) is 0 Å². The van der Waals surface area contributed by atoms with Gasteiger partial charge in [0.15, 0.2) is 0 Å². The van der Waals surface area contributed by atoms with Gasteiger partial charge in [0.05, 0.1) is 0 Å². The van der Waals surface area contributed by atoms with Gasteiger partial charge in [0, 0.05) is 23.7 Å². The Morgan fingerprint density at radius 2 is 0.951 bits per heavy atom. The van der Waals surface area contributed by atoms with Crippen molar-refractivity contribution in [2.75, 3.05) is 0 Å². The number of fused-ring (bicyclic) bond motifs is 2. The Labute approximate surface area is 273 Å². The molecule has 10 radical (unpaired) electrons. The molecule has 220 valence electrons. The predicted octanol–water partition coefficient (Wildman–Crippen LogP) is 11.3. The fourth-order valence-electron chi connectivity index (χ4n) is 8.12. The van der Waals surface area contributed by atoms with Crippen LogP contribution in [0.5, 0.6) is 0 Å². The third-order valence-electron chi connectivity index (χ3n) is 10.3. The van der Waals surface area contributed by atoms with Crippen molar-refractivity contribution in [1.29, 1.82) is 0 Å². The van der Waals surface area contributed by atoms with E-state index in [9.17, 15) is 0 Å². The van der Waals surface area contributed by atoms with Gasteiger partial charge in [-0.25, -0.2) is 0 Å². The summed E-state index contributed by atoms with van der Waals surface area (Å²) in [7, 11) is 9.87. The van der Waals surface area contributed by atoms with Crippen LogP contribution in [0.15, 0.2) is 48.6 Å². The van der Waals surface area contributed by atoms with E-state index in [2.05, 4.69) is 116 Å². The molecule has 0 N–H and O–H groups in total. The van der Waals surface area contributed by atoms with Crippen molar-refractivity contribution >= 4 is 17.0 Å². The van der Waals surface area contributed by atoms with E-state index >= 15 is 0 Å². The SMILES string of the molecule is CC(C)[C@@H]1CC[C@@H](C)C[C@@H]1[C]1[CH][CH][C]2C=CC=C[C]21.CC(C)[C@@H]1CC[C@@H](C)C[C@@H]1[C]1[CH][CH][C]2C=CC=C[C]21.[Cl][Zr][Cl]. The van der Waals surface area contributed by atoms with Crippen LogP contribution in [-0.4, -0.2) is 0 Å². The maximum absolute atomic E-state index is 4.93. The van der Waals surface area contributed by atoms with Gasteiger partial charge in [0.1, 0.15) is 0 Å². The summed E-state index contributed by atoms with van der Waals surface area (Å²) < 4.78 is 0. The molecule has 6 aliphatic carbocycles. The van der Waals surface area contributed by atoms with Gasteiger partial charge in [0.25, 0.3) is 0 Å². The first kappa shape index (κ1) is 34.3. The molecule has 6 atom stereocenters. The first-order valence-electron chi connectivity index (χ1n) is 16.0. The average Bonchev–Trinajstić information content (AvgIpc) is 3.58. The van der Waals surface area contributed by atoms with E-state index in [0.717, 1.165) is 47.3 Å². The molecule has 0 bridgehead atoms. The molecule has 0 aromatic rings. The van der Waals surface area contributed by atoms with Crippen molar-refractivity contribution in [1.82, 2.24) is 0 Å². The second-order valence-corrected chi connectivity index (χ2v) is 17.4. The van der Waals surface area contributed by atoms with Crippen LogP contribution in [0, 0.1) is 109 Å². The molecule has 0 heterocycles. The molecule has 41 heavy (non-hydrogen) atoms. The van der Waals surface area contributed by atoms with E-state index in [0.29, 0.717) is 0 Å². The van der Waals surface area contributed by atoms with Crippen LogP contribution in [0.3, 0.4) is 0 Å². The zero-order valence-electron chi connectivity index (χ0n) is 26.0. The van der Waals surface area contributed by atoms with Gasteiger partial charge in [-0.2, -0.15) is 0 Å². The van der Waals surface area contributed by atoms with Gasteiger partial charge in [-0.3, -0.25) is 0 Å². The van der Waals surface area contributed by atoms with Crippen molar-refractivity contribution in [3.05, 3.63) is 110 Å². The molecule has 0 nitrogen and oxygen atoms in total. The normalized spacial score (nSPS) is 34.8. The number of allylic oxidation sites excluding steroid dienone is 8. The molecule has 0 unspecified atom stereocenters. The fourth-order valence-corrected chi connectivity index (χ4v) is 8.12. The summed E-state index contributed by atoms with van der Waals surface area (Å²) >= 11 is -0.826. The van der Waals surface area contributed by atoms with Gasteiger partial charge >= 0.3 is 37.9 Å². The summed E-state index contributed by atoms with van der Waals surface area (Å²) in [5, 5.41) is 0. The monoisotopic (exact) mass is 666 g/mol. The third-order valence-corrected chi connectivity index (χ3v) is 10.3. The van der Waals surface area contributed by atoms with Crippen LogP contribution < -0.4 is 0 Å².